The van der Waals surface area contributed by atoms with Crippen molar-refractivity contribution in [3.63, 3.8) is 0 Å². The highest BCUT2D eigenvalue weighted by Crippen LogP contribution is 2.33. The zero-order valence-corrected chi connectivity index (χ0v) is 17.4. The number of morpholine rings is 1. The molecule has 5 rings (SSSR count). The first-order chi connectivity index (χ1) is 15.2. The molecule has 3 aromatic rings. The number of aromatic nitrogens is 4. The van der Waals surface area contributed by atoms with Crippen LogP contribution in [0, 0.1) is 0 Å². The molecule has 1 aliphatic carbocycles. The van der Waals surface area contributed by atoms with Gasteiger partial charge in [0.2, 0.25) is 5.95 Å². The minimum Gasteiger partial charge on any atom is -0.488 e. The van der Waals surface area contributed by atoms with Crippen molar-refractivity contribution in [1.82, 2.24) is 19.9 Å². The first kappa shape index (κ1) is 19.7. The van der Waals surface area contributed by atoms with Gasteiger partial charge in [0.25, 0.3) is 0 Å². The van der Waals surface area contributed by atoms with Crippen LogP contribution in [0.5, 0.6) is 5.75 Å². The Labute approximate surface area is 181 Å². The molecular weight excluding hydrogens is 394 g/mol. The number of rotatable bonds is 5. The number of nitrogen functional groups attached to an aromatic ring is 1. The van der Waals surface area contributed by atoms with E-state index in [-0.39, 0.29) is 12.1 Å². The third-order valence-corrected chi connectivity index (χ3v) is 5.89. The van der Waals surface area contributed by atoms with E-state index in [1.165, 1.54) is 0 Å². The lowest BCUT2D eigenvalue weighted by Gasteiger charge is -2.31. The largest absolute Gasteiger partial charge is 0.488 e. The quantitative estimate of drug-likeness (QED) is 0.642. The Morgan fingerprint density at radius 2 is 1.81 bits per heavy atom. The Morgan fingerprint density at radius 1 is 1.00 bits per heavy atom. The Balaban J connectivity index is 1.28. The number of fused-ring (bicyclic) bond motifs is 1. The van der Waals surface area contributed by atoms with E-state index in [0.29, 0.717) is 6.04 Å². The summed E-state index contributed by atoms with van der Waals surface area (Å²) < 4.78 is 12.0. The lowest BCUT2D eigenvalue weighted by Crippen LogP contribution is -2.36. The van der Waals surface area contributed by atoms with Crippen molar-refractivity contribution in [2.75, 3.05) is 42.3 Å². The van der Waals surface area contributed by atoms with E-state index in [4.69, 9.17) is 15.2 Å². The van der Waals surface area contributed by atoms with Crippen LogP contribution < -0.4 is 20.7 Å². The van der Waals surface area contributed by atoms with Gasteiger partial charge >= 0.3 is 0 Å². The zero-order valence-electron chi connectivity index (χ0n) is 17.4. The second-order valence-corrected chi connectivity index (χ2v) is 8.00. The minimum atomic E-state index is 0.152. The van der Waals surface area contributed by atoms with E-state index in [0.717, 1.165) is 80.3 Å². The molecule has 0 atom stereocenters. The molecule has 0 amide bonds. The lowest BCUT2D eigenvalue weighted by atomic mass is 9.93. The molecule has 3 N–H and O–H groups in total. The van der Waals surface area contributed by atoms with Crippen molar-refractivity contribution in [1.29, 1.82) is 0 Å². The predicted molar refractivity (Wildman–Crippen MR) is 119 cm³/mol. The molecule has 9 heteroatoms. The lowest BCUT2D eigenvalue weighted by molar-refractivity contribution is 0.122. The van der Waals surface area contributed by atoms with Crippen LogP contribution in [0.2, 0.25) is 0 Å². The summed E-state index contributed by atoms with van der Waals surface area (Å²) in [6, 6.07) is 6.40. The first-order valence-corrected chi connectivity index (χ1v) is 10.8. The van der Waals surface area contributed by atoms with Crippen molar-refractivity contribution < 1.29 is 9.47 Å². The molecule has 31 heavy (non-hydrogen) atoms. The van der Waals surface area contributed by atoms with Crippen molar-refractivity contribution in [2.45, 2.75) is 37.8 Å². The Morgan fingerprint density at radius 3 is 2.61 bits per heavy atom. The molecule has 2 aliphatic rings. The third kappa shape index (κ3) is 4.61. The van der Waals surface area contributed by atoms with Crippen LogP contribution in [0.15, 0.2) is 36.8 Å². The minimum absolute atomic E-state index is 0.152. The molecule has 0 radical (unpaired) electrons. The summed E-state index contributed by atoms with van der Waals surface area (Å²) in [4.78, 5) is 19.6. The van der Waals surface area contributed by atoms with Gasteiger partial charge in [0, 0.05) is 49.5 Å². The molecule has 0 bridgehead atoms. The van der Waals surface area contributed by atoms with E-state index in [1.807, 2.05) is 6.07 Å². The average Bonchev–Trinajstić information content (AvgIpc) is 2.81. The van der Waals surface area contributed by atoms with Gasteiger partial charge in [-0.05, 0) is 37.8 Å². The van der Waals surface area contributed by atoms with Gasteiger partial charge in [-0.3, -0.25) is 4.98 Å². The maximum absolute atomic E-state index is 6.48. The van der Waals surface area contributed by atoms with Gasteiger partial charge in [0.05, 0.1) is 24.8 Å². The van der Waals surface area contributed by atoms with Gasteiger partial charge in [-0.2, -0.15) is 4.98 Å². The summed E-state index contributed by atoms with van der Waals surface area (Å²) >= 11 is 0. The molecule has 2 aromatic heterocycles. The van der Waals surface area contributed by atoms with E-state index in [9.17, 15) is 0 Å². The fraction of sp³-hybridized carbons (Fsp3) is 0.455. The highest BCUT2D eigenvalue weighted by Gasteiger charge is 2.24. The first-order valence-electron chi connectivity index (χ1n) is 10.8. The van der Waals surface area contributed by atoms with E-state index in [1.54, 1.807) is 18.6 Å². The summed E-state index contributed by atoms with van der Waals surface area (Å²) in [6.07, 6.45) is 9.20. The number of nitrogens with two attached hydrogens (primary N) is 1. The Hall–Kier alpha value is -3.20. The molecule has 0 spiro atoms. The van der Waals surface area contributed by atoms with E-state index >= 15 is 0 Å². The summed E-state index contributed by atoms with van der Waals surface area (Å²) in [5.41, 5.74) is 8.47. The summed E-state index contributed by atoms with van der Waals surface area (Å²) in [5.74, 6) is 1.87. The van der Waals surface area contributed by atoms with E-state index < -0.39 is 0 Å². The van der Waals surface area contributed by atoms with Crippen LogP contribution >= 0.6 is 0 Å². The summed E-state index contributed by atoms with van der Waals surface area (Å²) in [5, 5.41) is 3.46. The SMILES string of the molecule is Nc1nccc(N[C@H]2CC[C@@H](Oc3cc(N4CCOCC4)cc4nccnc34)CC2)n1. The molecule has 1 aliphatic heterocycles. The van der Waals surface area contributed by atoms with Crippen LogP contribution in [-0.2, 0) is 4.74 Å². The number of nitrogens with zero attached hydrogens (tertiary/aromatic N) is 5. The molecule has 0 unspecified atom stereocenters. The van der Waals surface area contributed by atoms with Gasteiger partial charge in [0.1, 0.15) is 17.1 Å². The smallest absolute Gasteiger partial charge is 0.221 e. The molecule has 1 saturated heterocycles. The fourth-order valence-electron chi connectivity index (χ4n) is 4.29. The fourth-order valence-corrected chi connectivity index (χ4v) is 4.29. The molecular formula is C22H27N7O2. The molecule has 2 fully saturated rings. The second-order valence-electron chi connectivity index (χ2n) is 8.00. The summed E-state index contributed by atoms with van der Waals surface area (Å²) in [7, 11) is 0. The van der Waals surface area contributed by atoms with Crippen LogP contribution in [0.4, 0.5) is 17.5 Å². The van der Waals surface area contributed by atoms with Crippen LogP contribution in [0.3, 0.4) is 0 Å². The van der Waals surface area contributed by atoms with Crippen molar-refractivity contribution >= 4 is 28.5 Å². The number of nitrogens with one attached hydrogen (secondary N) is 1. The van der Waals surface area contributed by atoms with Crippen LogP contribution in [-0.4, -0.2) is 58.4 Å². The topological polar surface area (TPSA) is 111 Å². The van der Waals surface area contributed by atoms with E-state index in [2.05, 4.69) is 42.3 Å². The van der Waals surface area contributed by atoms with Crippen molar-refractivity contribution in [2.24, 2.45) is 0 Å². The zero-order chi connectivity index (χ0) is 21.0. The number of hydrogen-bond acceptors (Lipinski definition) is 9. The molecule has 1 aromatic carbocycles. The average molecular weight is 422 g/mol. The molecule has 162 valence electrons. The normalized spacial score (nSPS) is 21.7. The van der Waals surface area contributed by atoms with Crippen molar-refractivity contribution in [3.8, 4) is 5.75 Å². The van der Waals surface area contributed by atoms with Crippen molar-refractivity contribution in [3.05, 3.63) is 36.8 Å². The van der Waals surface area contributed by atoms with Crippen LogP contribution in [0.1, 0.15) is 25.7 Å². The van der Waals surface area contributed by atoms with Gasteiger partial charge < -0.3 is 25.4 Å². The highest BCUT2D eigenvalue weighted by atomic mass is 16.5. The second kappa shape index (κ2) is 8.89. The standard InChI is InChI=1S/C22H27N7O2/c23-22-26-6-5-20(28-22)27-15-1-3-17(4-2-15)31-19-14-16(29-9-11-30-12-10-29)13-18-21(19)25-8-7-24-18/h5-8,13-15,17H,1-4,9-12H2,(H3,23,26,27,28)/t15-,17+. The number of ether oxygens (including phenoxy) is 2. The van der Waals surface area contributed by atoms with Gasteiger partial charge in [-0.1, -0.05) is 0 Å². The van der Waals surface area contributed by atoms with Gasteiger partial charge in [0.15, 0.2) is 0 Å². The number of benzene rings is 1. The number of hydrogen-bond donors (Lipinski definition) is 2. The highest BCUT2D eigenvalue weighted by molar-refractivity contribution is 5.85. The van der Waals surface area contributed by atoms with Gasteiger partial charge in [-0.25, -0.2) is 9.97 Å². The molecule has 9 nitrogen and oxygen atoms in total. The van der Waals surface area contributed by atoms with Gasteiger partial charge in [-0.15, -0.1) is 0 Å². The Kier molecular flexibility index (Phi) is 5.66. The monoisotopic (exact) mass is 421 g/mol. The summed E-state index contributed by atoms with van der Waals surface area (Å²) in [6.45, 7) is 3.22. The Bertz CT molecular complexity index is 1030. The van der Waals surface area contributed by atoms with Crippen LogP contribution in [0.25, 0.3) is 11.0 Å². The number of anilines is 3. The maximum atomic E-state index is 6.48. The molecule has 3 heterocycles. The maximum Gasteiger partial charge on any atom is 0.221 e. The third-order valence-electron chi connectivity index (χ3n) is 5.89. The predicted octanol–water partition coefficient (Wildman–Crippen LogP) is 2.64. The molecule has 1 saturated carbocycles.